The Kier molecular flexibility index (Phi) is 9.44. The van der Waals surface area contributed by atoms with Gasteiger partial charge in [0, 0.05) is 40.2 Å². The topological polar surface area (TPSA) is 37.4 Å². The molecule has 1 heterocycles. The summed E-state index contributed by atoms with van der Waals surface area (Å²) in [5, 5.41) is 0. The number of rotatable bonds is 8. The van der Waals surface area contributed by atoms with Gasteiger partial charge in [-0.05, 0) is 36.6 Å². The Labute approximate surface area is 224 Å². The summed E-state index contributed by atoms with van der Waals surface area (Å²) in [7, 11) is -4.36. The van der Waals surface area contributed by atoms with Crippen LogP contribution in [0, 0.1) is 23.2 Å². The van der Waals surface area contributed by atoms with E-state index >= 15 is 0 Å². The number of sulfonamides is 1. The number of nitrogens with zero attached hydrogens (tertiary/aromatic N) is 1. The van der Waals surface area contributed by atoms with E-state index in [-0.39, 0.29) is 17.7 Å². The van der Waals surface area contributed by atoms with Gasteiger partial charge in [0.15, 0.2) is 0 Å². The van der Waals surface area contributed by atoms with Crippen molar-refractivity contribution < 1.29 is 47.9 Å². The van der Waals surface area contributed by atoms with E-state index in [4.69, 9.17) is 0 Å². The van der Waals surface area contributed by atoms with Crippen molar-refractivity contribution in [3.8, 4) is 11.8 Å². The largest absolute Gasteiger partial charge is 0.460 e. The smallest absolute Gasteiger partial charge is 0.207 e. The molecule has 1 saturated heterocycles. The maximum absolute atomic E-state index is 14.6. The average Bonchev–Trinajstić information content (AvgIpc) is 3.12. The summed E-state index contributed by atoms with van der Waals surface area (Å²) in [6.45, 7) is 0.0641. The van der Waals surface area contributed by atoms with Gasteiger partial charge in [0.25, 0.3) is 0 Å². The van der Waals surface area contributed by atoms with Crippen LogP contribution in [0.1, 0.15) is 26.2 Å². The van der Waals surface area contributed by atoms with Gasteiger partial charge in [-0.1, -0.05) is 51.4 Å². The van der Waals surface area contributed by atoms with Crippen LogP contribution in [0.4, 0.5) is 39.5 Å². The predicted molar refractivity (Wildman–Crippen MR) is 126 cm³/mol. The lowest BCUT2D eigenvalue weighted by molar-refractivity contribution is -0.398. The van der Waals surface area contributed by atoms with E-state index in [2.05, 4.69) is 27.8 Å². The lowest BCUT2D eigenvalue weighted by Crippen LogP contribution is -2.61. The first kappa shape index (κ1) is 31.5. The second-order valence-electron chi connectivity index (χ2n) is 8.25. The van der Waals surface area contributed by atoms with Gasteiger partial charge in [0.2, 0.25) is 10.0 Å². The Hall–Kier alpha value is -0.730. The first-order chi connectivity index (χ1) is 16.3. The van der Waals surface area contributed by atoms with Crippen LogP contribution in [0.25, 0.3) is 0 Å². The normalized spacial score (nSPS) is 22.4. The van der Waals surface area contributed by atoms with Crippen molar-refractivity contribution in [2.24, 2.45) is 11.3 Å². The second kappa shape index (κ2) is 10.8. The molecule has 1 aliphatic rings. The van der Waals surface area contributed by atoms with Gasteiger partial charge in [-0.15, -0.1) is 5.92 Å². The summed E-state index contributed by atoms with van der Waals surface area (Å²) >= 11 is 5.08. The minimum absolute atomic E-state index is 0.143. The number of hydrogen-bond acceptors (Lipinski definition) is 2. The van der Waals surface area contributed by atoms with E-state index in [0.717, 1.165) is 4.31 Å². The summed E-state index contributed by atoms with van der Waals surface area (Å²) in [4.78, 5) is -0.253. The second-order valence-corrected chi connectivity index (χ2v) is 12.2. The van der Waals surface area contributed by atoms with E-state index in [1.807, 2.05) is 22.6 Å². The molecule has 1 fully saturated rings. The first-order valence-electron chi connectivity index (χ1n) is 10.3. The molecule has 3 nitrogen and oxygen atoms in total. The van der Waals surface area contributed by atoms with E-state index in [1.54, 1.807) is 0 Å². The van der Waals surface area contributed by atoms with Crippen molar-refractivity contribution >= 4 is 48.5 Å². The zero-order chi connectivity index (χ0) is 27.8. The average molecular weight is 728 g/mol. The van der Waals surface area contributed by atoms with Crippen LogP contribution in [0.15, 0.2) is 33.6 Å². The van der Waals surface area contributed by atoms with E-state index in [1.165, 1.54) is 31.2 Å². The minimum atomic E-state index is -7.02. The molecule has 36 heavy (non-hydrogen) atoms. The Balaban J connectivity index is 2.54. The van der Waals surface area contributed by atoms with E-state index in [9.17, 15) is 47.9 Å². The fourth-order valence-corrected chi connectivity index (χ4v) is 5.98. The van der Waals surface area contributed by atoms with Crippen molar-refractivity contribution in [1.82, 2.24) is 4.31 Å². The van der Waals surface area contributed by atoms with Crippen LogP contribution < -0.4 is 0 Å². The van der Waals surface area contributed by atoms with Crippen LogP contribution in [-0.2, 0) is 10.0 Å². The molecule has 0 radical (unpaired) electrons. The molecular weight excluding hydrogens is 708 g/mol. The third-order valence-electron chi connectivity index (χ3n) is 6.02. The van der Waals surface area contributed by atoms with Crippen LogP contribution >= 0.6 is 38.5 Å². The summed E-state index contributed by atoms with van der Waals surface area (Å²) in [6.07, 6.45) is -8.98. The Morgan fingerprint density at radius 2 is 1.61 bits per heavy atom. The molecule has 2 rings (SSSR count). The van der Waals surface area contributed by atoms with Gasteiger partial charge in [0.1, 0.15) is 0 Å². The molecule has 1 aliphatic heterocycles. The number of hydrogen-bond donors (Lipinski definition) is 0. The Bertz CT molecular complexity index is 1100. The summed E-state index contributed by atoms with van der Waals surface area (Å²) in [6, 6.07) is 5.19. The molecule has 204 valence electrons. The first-order valence-corrected chi connectivity index (χ1v) is 14.1. The number of alkyl halides is 10. The molecule has 2 unspecified atom stereocenters. The maximum atomic E-state index is 14.6. The zero-order valence-electron chi connectivity index (χ0n) is 18.5. The molecule has 1 aromatic carbocycles. The fourth-order valence-electron chi connectivity index (χ4n) is 3.89. The maximum Gasteiger partial charge on any atom is 0.460 e. The molecule has 0 amide bonds. The summed E-state index contributed by atoms with van der Waals surface area (Å²) in [5.74, 6) is -16.1. The van der Waals surface area contributed by atoms with Gasteiger partial charge in [-0.25, -0.2) is 8.42 Å². The number of halogens is 11. The minimum Gasteiger partial charge on any atom is -0.207 e. The van der Waals surface area contributed by atoms with E-state index in [0.29, 0.717) is 8.90 Å². The predicted octanol–water partition coefficient (Wildman–Crippen LogP) is 7.15. The Morgan fingerprint density at radius 3 is 2.08 bits per heavy atom. The quantitative estimate of drug-likeness (QED) is 0.124. The van der Waals surface area contributed by atoms with Crippen LogP contribution in [0.3, 0.4) is 0 Å². The fraction of sp³-hybridized carbons (Fsp3) is 0.619. The van der Waals surface area contributed by atoms with Crippen LogP contribution in [0.2, 0.25) is 0 Å². The third-order valence-corrected chi connectivity index (χ3v) is 8.91. The van der Waals surface area contributed by atoms with Crippen molar-refractivity contribution in [1.29, 1.82) is 0 Å². The zero-order valence-corrected chi connectivity index (χ0v) is 23.0. The van der Waals surface area contributed by atoms with Crippen molar-refractivity contribution in [3.05, 3.63) is 28.7 Å². The summed E-state index contributed by atoms with van der Waals surface area (Å²) in [5.41, 5.74) is -1.68. The highest BCUT2D eigenvalue weighted by Gasteiger charge is 2.81. The van der Waals surface area contributed by atoms with Gasteiger partial charge in [0.05, 0.1) is 4.90 Å². The van der Waals surface area contributed by atoms with Crippen molar-refractivity contribution in [2.45, 2.75) is 55.0 Å². The highest BCUT2D eigenvalue weighted by Crippen LogP contribution is 2.56. The molecule has 0 N–H and O–H groups in total. The highest BCUT2D eigenvalue weighted by molar-refractivity contribution is 14.1. The number of benzene rings is 1. The lowest BCUT2D eigenvalue weighted by atomic mass is 9.73. The highest BCUT2D eigenvalue weighted by atomic mass is 127. The molecule has 2 atom stereocenters. The van der Waals surface area contributed by atoms with Crippen LogP contribution in [0.5, 0.6) is 0 Å². The van der Waals surface area contributed by atoms with Gasteiger partial charge >= 0.3 is 23.9 Å². The molecule has 0 spiro atoms. The summed E-state index contributed by atoms with van der Waals surface area (Å²) < 4.78 is 150. The van der Waals surface area contributed by atoms with Crippen LogP contribution in [-0.4, -0.2) is 54.2 Å². The van der Waals surface area contributed by atoms with Crippen molar-refractivity contribution in [2.75, 3.05) is 17.5 Å². The molecule has 0 bridgehead atoms. The molecular formula is C21H20BrF9INO2S. The third kappa shape index (κ3) is 5.80. The Morgan fingerprint density at radius 1 is 1.06 bits per heavy atom. The monoisotopic (exact) mass is 727 g/mol. The van der Waals surface area contributed by atoms with Crippen molar-refractivity contribution in [3.63, 3.8) is 0 Å². The van der Waals surface area contributed by atoms with Gasteiger partial charge in [-0.3, -0.25) is 0 Å². The molecule has 1 aromatic rings. The molecule has 0 saturated carbocycles. The van der Waals surface area contributed by atoms with Gasteiger partial charge in [-0.2, -0.15) is 43.8 Å². The molecule has 0 aromatic heterocycles. The molecule has 15 heteroatoms. The molecule has 0 aliphatic carbocycles. The lowest BCUT2D eigenvalue weighted by Gasteiger charge is -2.37. The standard InChI is InChI=1S/C21H20BrF9INO2S/c1-2-17(9-3-4-10-32)13-33(36(34,35)16-7-5-15(22)6-8-16)12-14(17)11-18(23,24)19(25,26)20(27,28)21(29,30)31/h5-8,14H,2,4,10-13H2,1H3. The van der Waals surface area contributed by atoms with Gasteiger partial charge < -0.3 is 0 Å². The SMILES string of the molecule is CCC1(C#CCCI)CN(S(=O)(=O)c2ccc(Br)cc2)CC1CC(F)(F)C(F)(F)C(F)(F)C(F)(F)F. The van der Waals surface area contributed by atoms with E-state index < -0.39 is 64.8 Å².